The molecule has 1 aliphatic heterocycles. The van der Waals surface area contributed by atoms with Gasteiger partial charge in [0.1, 0.15) is 11.4 Å². The van der Waals surface area contributed by atoms with Crippen molar-refractivity contribution in [3.63, 3.8) is 0 Å². The molecule has 0 bridgehead atoms. The third kappa shape index (κ3) is 4.25. The summed E-state index contributed by atoms with van der Waals surface area (Å²) in [6.07, 6.45) is -0.201. The van der Waals surface area contributed by atoms with E-state index in [-0.39, 0.29) is 13.0 Å². The molecule has 0 radical (unpaired) electrons. The molecule has 1 aromatic rings. The van der Waals surface area contributed by atoms with Gasteiger partial charge in [0.15, 0.2) is 0 Å². The summed E-state index contributed by atoms with van der Waals surface area (Å²) in [6, 6.07) is 5.42. The number of phosphoric acid groups is 1. The van der Waals surface area contributed by atoms with E-state index in [1.165, 1.54) is 24.3 Å². The van der Waals surface area contributed by atoms with Crippen LogP contribution in [-0.2, 0) is 19.4 Å². The number of ether oxygens (including phenoxy) is 1. The number of hydrogen-bond acceptors (Lipinski definition) is 4. The molecule has 1 amide bonds. The van der Waals surface area contributed by atoms with Crippen molar-refractivity contribution in [1.29, 1.82) is 0 Å². The van der Waals surface area contributed by atoms with Gasteiger partial charge in [0.05, 0.1) is 6.61 Å². The van der Waals surface area contributed by atoms with E-state index in [9.17, 15) is 13.8 Å². The average Bonchev–Trinajstić information content (AvgIpc) is 2.38. The summed E-state index contributed by atoms with van der Waals surface area (Å²) in [5.41, 5.74) is -0.543. The van der Waals surface area contributed by atoms with Gasteiger partial charge in [-0.25, -0.2) is 13.8 Å². The Morgan fingerprint density at radius 2 is 2.05 bits per heavy atom. The second-order valence-electron chi connectivity index (χ2n) is 4.64. The molecule has 1 aromatic carbocycles. The highest BCUT2D eigenvalue weighted by Crippen LogP contribution is 2.40. The third-order valence-corrected chi connectivity index (χ3v) is 3.74. The molecular formula is C12H15FNO6P. The van der Waals surface area contributed by atoms with Crippen LogP contribution in [0, 0.1) is 5.82 Å². The van der Waals surface area contributed by atoms with E-state index in [0.29, 0.717) is 18.5 Å². The van der Waals surface area contributed by atoms with Gasteiger partial charge in [-0.05, 0) is 17.7 Å². The molecular weight excluding hydrogens is 304 g/mol. The van der Waals surface area contributed by atoms with E-state index in [0.717, 1.165) is 0 Å². The first-order chi connectivity index (χ1) is 9.81. The largest absolute Gasteiger partial charge is 0.469 e. The van der Waals surface area contributed by atoms with Crippen molar-refractivity contribution in [2.24, 2.45) is 0 Å². The number of hydrogen-bond donors (Lipinski definition) is 3. The summed E-state index contributed by atoms with van der Waals surface area (Å²) in [5, 5.41) is 2.49. The van der Waals surface area contributed by atoms with Crippen LogP contribution < -0.4 is 5.32 Å². The lowest BCUT2D eigenvalue weighted by Gasteiger charge is -2.37. The van der Waals surface area contributed by atoms with Gasteiger partial charge < -0.3 is 19.8 Å². The van der Waals surface area contributed by atoms with Crippen LogP contribution in [0.15, 0.2) is 24.3 Å². The van der Waals surface area contributed by atoms with E-state index >= 15 is 0 Å². The van der Waals surface area contributed by atoms with Gasteiger partial charge in [0.25, 0.3) is 0 Å². The van der Waals surface area contributed by atoms with E-state index in [4.69, 9.17) is 14.5 Å². The Kier molecular flexibility index (Phi) is 4.63. The van der Waals surface area contributed by atoms with Crippen LogP contribution in [0.1, 0.15) is 18.4 Å². The number of cyclic esters (lactones) is 1. The Labute approximate surface area is 120 Å². The predicted octanol–water partition coefficient (Wildman–Crippen LogP) is 1.65. The maximum absolute atomic E-state index is 13.0. The molecule has 1 fully saturated rings. The molecule has 9 heteroatoms. The first-order valence-electron chi connectivity index (χ1n) is 6.24. The molecule has 0 spiro atoms. The van der Waals surface area contributed by atoms with Crippen LogP contribution >= 0.6 is 7.82 Å². The fourth-order valence-corrected chi connectivity index (χ4v) is 2.57. The first-order valence-corrected chi connectivity index (χ1v) is 7.77. The van der Waals surface area contributed by atoms with Crippen LogP contribution in [0.5, 0.6) is 0 Å². The zero-order valence-corrected chi connectivity index (χ0v) is 11.9. The van der Waals surface area contributed by atoms with Crippen molar-refractivity contribution in [3.05, 3.63) is 35.6 Å². The molecule has 0 unspecified atom stereocenters. The normalized spacial score (nSPS) is 22.5. The standard InChI is InChI=1S/C12H15FNO6P/c13-10-3-1-9(2-4-10)12(5-7-14-11(15)20-12)6-8-19-21(16,17)18/h1-4H,5-8H2,(H,14,15)(H2,16,17,18)/t12-/m0/s1. The summed E-state index contributed by atoms with van der Waals surface area (Å²) in [7, 11) is -4.59. The number of rotatable bonds is 5. The van der Waals surface area contributed by atoms with E-state index < -0.39 is 25.3 Å². The number of nitrogens with one attached hydrogen (secondary N) is 1. The van der Waals surface area contributed by atoms with E-state index in [1.807, 2.05) is 0 Å². The van der Waals surface area contributed by atoms with Crippen molar-refractivity contribution >= 4 is 13.9 Å². The van der Waals surface area contributed by atoms with Crippen LogP contribution in [0.25, 0.3) is 0 Å². The highest BCUT2D eigenvalue weighted by molar-refractivity contribution is 7.46. The van der Waals surface area contributed by atoms with Crippen molar-refractivity contribution in [2.45, 2.75) is 18.4 Å². The van der Waals surface area contributed by atoms with E-state index in [1.54, 1.807) is 0 Å². The van der Waals surface area contributed by atoms with Gasteiger partial charge in [-0.1, -0.05) is 12.1 Å². The quantitative estimate of drug-likeness (QED) is 0.713. The molecule has 3 N–H and O–H groups in total. The molecule has 1 aliphatic rings. The van der Waals surface area contributed by atoms with Gasteiger partial charge in [-0.15, -0.1) is 0 Å². The lowest BCUT2D eigenvalue weighted by atomic mass is 9.86. The maximum atomic E-state index is 13.0. The Morgan fingerprint density at radius 1 is 1.38 bits per heavy atom. The smallest absolute Gasteiger partial charge is 0.438 e. The van der Waals surface area contributed by atoms with Crippen LogP contribution in [0.2, 0.25) is 0 Å². The van der Waals surface area contributed by atoms with Crippen molar-refractivity contribution < 1.29 is 32.8 Å². The molecule has 1 atom stereocenters. The minimum Gasteiger partial charge on any atom is -0.438 e. The van der Waals surface area contributed by atoms with Crippen LogP contribution in [0.4, 0.5) is 9.18 Å². The Balaban J connectivity index is 2.20. The summed E-state index contributed by atoms with van der Waals surface area (Å²) in [5.74, 6) is -0.430. The zero-order valence-electron chi connectivity index (χ0n) is 11.0. The van der Waals surface area contributed by atoms with Gasteiger partial charge >= 0.3 is 13.9 Å². The zero-order chi connectivity index (χ0) is 15.5. The van der Waals surface area contributed by atoms with E-state index in [2.05, 4.69) is 9.84 Å². The molecule has 0 aliphatic carbocycles. The number of alkyl carbamates (subject to hydrolysis) is 1. The van der Waals surface area contributed by atoms with Crippen LogP contribution in [-0.4, -0.2) is 29.0 Å². The number of phosphoric ester groups is 1. The molecule has 1 saturated heterocycles. The number of benzene rings is 1. The summed E-state index contributed by atoms with van der Waals surface area (Å²) in [4.78, 5) is 28.9. The predicted molar refractivity (Wildman–Crippen MR) is 69.8 cm³/mol. The summed E-state index contributed by atoms with van der Waals surface area (Å²) < 4.78 is 33.5. The molecule has 116 valence electrons. The molecule has 0 saturated carbocycles. The van der Waals surface area contributed by atoms with Gasteiger partial charge in [0.2, 0.25) is 0 Å². The van der Waals surface area contributed by atoms with Gasteiger partial charge in [0, 0.05) is 19.4 Å². The summed E-state index contributed by atoms with van der Waals surface area (Å²) >= 11 is 0. The molecule has 0 aromatic heterocycles. The highest BCUT2D eigenvalue weighted by atomic mass is 31.2. The topological polar surface area (TPSA) is 105 Å². The minimum atomic E-state index is -4.59. The van der Waals surface area contributed by atoms with Crippen molar-refractivity contribution in [3.8, 4) is 0 Å². The molecule has 1 heterocycles. The van der Waals surface area contributed by atoms with Gasteiger partial charge in [-0.2, -0.15) is 0 Å². The second kappa shape index (κ2) is 6.11. The number of halogens is 1. The number of amides is 1. The Hall–Kier alpha value is -1.47. The summed E-state index contributed by atoms with van der Waals surface area (Å²) in [6.45, 7) is 0.0427. The molecule has 2 rings (SSSR count). The number of carbonyl (C=O) groups excluding carboxylic acids is 1. The lowest BCUT2D eigenvalue weighted by Crippen LogP contribution is -2.46. The highest BCUT2D eigenvalue weighted by Gasteiger charge is 2.39. The SMILES string of the molecule is O=C1NCC[C@](CCOP(=O)(O)O)(c2ccc(F)cc2)O1. The van der Waals surface area contributed by atoms with Crippen LogP contribution in [0.3, 0.4) is 0 Å². The third-order valence-electron chi connectivity index (χ3n) is 3.22. The fraction of sp³-hybridized carbons (Fsp3) is 0.417. The van der Waals surface area contributed by atoms with Crippen molar-refractivity contribution in [2.75, 3.05) is 13.2 Å². The lowest BCUT2D eigenvalue weighted by molar-refractivity contribution is -0.0326. The minimum absolute atomic E-state index is 0.0527. The molecule has 7 nitrogen and oxygen atoms in total. The first kappa shape index (κ1) is 15.9. The maximum Gasteiger partial charge on any atom is 0.469 e. The molecule has 21 heavy (non-hydrogen) atoms. The van der Waals surface area contributed by atoms with Crippen molar-refractivity contribution in [1.82, 2.24) is 5.32 Å². The van der Waals surface area contributed by atoms with Gasteiger partial charge in [-0.3, -0.25) is 4.52 Å². The Morgan fingerprint density at radius 3 is 2.62 bits per heavy atom. The monoisotopic (exact) mass is 319 g/mol. The second-order valence-corrected chi connectivity index (χ2v) is 5.88. The average molecular weight is 319 g/mol. The number of carbonyl (C=O) groups is 1. The Bertz CT molecular complexity index is 559. The fourth-order valence-electron chi connectivity index (χ4n) is 2.24.